The van der Waals surface area contributed by atoms with Gasteiger partial charge in [0, 0.05) is 28.5 Å². The molecule has 0 radical (unpaired) electrons. The molecule has 0 bridgehead atoms. The first-order valence-corrected chi connectivity index (χ1v) is 7.76. The minimum absolute atomic E-state index is 0.0643. The van der Waals surface area contributed by atoms with E-state index in [1.54, 1.807) is 18.2 Å². The Kier molecular flexibility index (Phi) is 5.43. The molecule has 0 aromatic heterocycles. The third kappa shape index (κ3) is 4.80. The second-order valence-electron chi connectivity index (χ2n) is 4.83. The summed E-state index contributed by atoms with van der Waals surface area (Å²) in [5, 5.41) is 6.28. The molecular weight excluding hydrogens is 344 g/mol. The number of benzene rings is 1. The maximum absolute atomic E-state index is 11.9. The smallest absolute Gasteiger partial charge is 0.252 e. The van der Waals surface area contributed by atoms with Crippen molar-refractivity contribution in [2.75, 3.05) is 6.54 Å². The van der Waals surface area contributed by atoms with Gasteiger partial charge in [0.05, 0.1) is 5.56 Å². The predicted octanol–water partition coefficient (Wildman–Crippen LogP) is 2.89. The number of halogens is 2. The van der Waals surface area contributed by atoms with E-state index >= 15 is 0 Å². The van der Waals surface area contributed by atoms with E-state index in [1.165, 1.54) is 0 Å². The van der Waals surface area contributed by atoms with E-state index in [0.29, 0.717) is 40.5 Å². The van der Waals surface area contributed by atoms with E-state index < -0.39 is 0 Å². The first-order chi connectivity index (χ1) is 9.56. The zero-order valence-electron chi connectivity index (χ0n) is 10.9. The van der Waals surface area contributed by atoms with Crippen LogP contribution in [-0.2, 0) is 4.79 Å². The molecule has 1 saturated carbocycles. The molecule has 0 unspecified atom stereocenters. The fourth-order valence-electron chi connectivity index (χ4n) is 1.75. The Morgan fingerprint density at radius 2 is 2.10 bits per heavy atom. The molecule has 4 nitrogen and oxygen atoms in total. The lowest BCUT2D eigenvalue weighted by atomic mass is 10.2. The van der Waals surface area contributed by atoms with E-state index in [1.807, 2.05) is 0 Å². The summed E-state index contributed by atoms with van der Waals surface area (Å²) in [4.78, 5) is 23.4. The standard InChI is InChI=1S/C14H16BrClN2O2/c15-12-8-9(16)3-6-11(12)14(20)17-7-1-2-13(19)18-10-4-5-10/h3,6,8,10H,1-2,4-5,7H2,(H,17,20)(H,18,19). The topological polar surface area (TPSA) is 58.2 Å². The van der Waals surface area contributed by atoms with Crippen LogP contribution in [0.1, 0.15) is 36.0 Å². The third-order valence-corrected chi connectivity index (χ3v) is 3.88. The summed E-state index contributed by atoms with van der Waals surface area (Å²) >= 11 is 9.13. The van der Waals surface area contributed by atoms with Gasteiger partial charge in [-0.15, -0.1) is 0 Å². The second kappa shape index (κ2) is 7.09. The van der Waals surface area contributed by atoms with Crippen molar-refractivity contribution in [3.63, 3.8) is 0 Å². The molecule has 0 atom stereocenters. The van der Waals surface area contributed by atoms with Gasteiger partial charge in [0.1, 0.15) is 0 Å². The van der Waals surface area contributed by atoms with Crippen LogP contribution >= 0.6 is 27.5 Å². The van der Waals surface area contributed by atoms with Gasteiger partial charge in [-0.2, -0.15) is 0 Å². The van der Waals surface area contributed by atoms with Gasteiger partial charge < -0.3 is 10.6 Å². The predicted molar refractivity (Wildman–Crippen MR) is 81.9 cm³/mol. The molecule has 2 N–H and O–H groups in total. The Bertz CT molecular complexity index is 518. The number of carbonyl (C=O) groups excluding carboxylic acids is 2. The van der Waals surface area contributed by atoms with Crippen LogP contribution < -0.4 is 10.6 Å². The average molecular weight is 360 g/mol. The van der Waals surface area contributed by atoms with Crippen LogP contribution in [0.3, 0.4) is 0 Å². The highest BCUT2D eigenvalue weighted by molar-refractivity contribution is 9.10. The first kappa shape index (κ1) is 15.3. The maximum atomic E-state index is 11.9. The largest absolute Gasteiger partial charge is 0.353 e. The lowest BCUT2D eigenvalue weighted by Crippen LogP contribution is -2.28. The van der Waals surface area contributed by atoms with Gasteiger partial charge >= 0.3 is 0 Å². The van der Waals surface area contributed by atoms with Gasteiger partial charge in [0.2, 0.25) is 5.91 Å². The molecule has 1 fully saturated rings. The molecule has 0 aliphatic heterocycles. The quantitative estimate of drug-likeness (QED) is 0.767. The van der Waals surface area contributed by atoms with Crippen LogP contribution in [-0.4, -0.2) is 24.4 Å². The van der Waals surface area contributed by atoms with Crippen LogP contribution in [0, 0.1) is 0 Å². The Hall–Kier alpha value is -1.07. The summed E-state index contributed by atoms with van der Waals surface area (Å²) in [6.07, 6.45) is 3.26. The van der Waals surface area contributed by atoms with E-state index in [-0.39, 0.29) is 11.8 Å². The fourth-order valence-corrected chi connectivity index (χ4v) is 2.61. The van der Waals surface area contributed by atoms with Crippen molar-refractivity contribution >= 4 is 39.3 Å². The van der Waals surface area contributed by atoms with Crippen molar-refractivity contribution in [1.82, 2.24) is 10.6 Å². The maximum Gasteiger partial charge on any atom is 0.252 e. The summed E-state index contributed by atoms with van der Waals surface area (Å²) in [6.45, 7) is 0.478. The van der Waals surface area contributed by atoms with Gasteiger partial charge in [-0.05, 0) is 53.4 Å². The Morgan fingerprint density at radius 3 is 2.75 bits per heavy atom. The molecule has 1 aromatic carbocycles. The van der Waals surface area contributed by atoms with E-state index in [0.717, 1.165) is 12.8 Å². The van der Waals surface area contributed by atoms with E-state index in [4.69, 9.17) is 11.6 Å². The summed E-state index contributed by atoms with van der Waals surface area (Å²) in [5.41, 5.74) is 0.539. The second-order valence-corrected chi connectivity index (χ2v) is 6.12. The van der Waals surface area contributed by atoms with Crippen LogP contribution in [0.4, 0.5) is 0 Å². The normalized spacial score (nSPS) is 13.9. The summed E-state index contributed by atoms with van der Waals surface area (Å²) < 4.78 is 0.661. The molecule has 1 aromatic rings. The van der Waals surface area contributed by atoms with Crippen molar-refractivity contribution in [2.45, 2.75) is 31.7 Å². The highest BCUT2D eigenvalue weighted by Gasteiger charge is 2.22. The Balaban J connectivity index is 1.70. The average Bonchev–Trinajstić information content (AvgIpc) is 3.18. The number of hydrogen-bond acceptors (Lipinski definition) is 2. The minimum atomic E-state index is -0.170. The number of carbonyl (C=O) groups is 2. The van der Waals surface area contributed by atoms with E-state index in [9.17, 15) is 9.59 Å². The molecule has 6 heteroatoms. The monoisotopic (exact) mass is 358 g/mol. The van der Waals surface area contributed by atoms with E-state index in [2.05, 4.69) is 26.6 Å². The number of rotatable bonds is 6. The van der Waals surface area contributed by atoms with Crippen molar-refractivity contribution in [3.8, 4) is 0 Å². The highest BCUT2D eigenvalue weighted by Crippen LogP contribution is 2.21. The molecule has 108 valence electrons. The van der Waals surface area contributed by atoms with Gasteiger partial charge in [-0.1, -0.05) is 11.6 Å². The minimum Gasteiger partial charge on any atom is -0.353 e. The van der Waals surface area contributed by atoms with Crippen molar-refractivity contribution in [3.05, 3.63) is 33.3 Å². The number of amides is 2. The zero-order valence-corrected chi connectivity index (χ0v) is 13.3. The van der Waals surface area contributed by atoms with Gasteiger partial charge in [0.15, 0.2) is 0 Å². The van der Waals surface area contributed by atoms with Crippen molar-refractivity contribution < 1.29 is 9.59 Å². The lowest BCUT2D eigenvalue weighted by molar-refractivity contribution is -0.121. The van der Waals surface area contributed by atoms with Gasteiger partial charge in [-0.25, -0.2) is 0 Å². The Labute approximate surface area is 131 Å². The lowest BCUT2D eigenvalue weighted by Gasteiger charge is -2.07. The summed E-state index contributed by atoms with van der Waals surface area (Å²) in [7, 11) is 0. The first-order valence-electron chi connectivity index (χ1n) is 6.59. The molecule has 2 amide bonds. The summed E-state index contributed by atoms with van der Waals surface area (Å²) in [6, 6.07) is 5.41. The van der Waals surface area contributed by atoms with Gasteiger partial charge in [0.25, 0.3) is 5.91 Å². The molecule has 0 spiro atoms. The van der Waals surface area contributed by atoms with Crippen LogP contribution in [0.15, 0.2) is 22.7 Å². The summed E-state index contributed by atoms with van der Waals surface area (Å²) in [5.74, 6) is -0.106. The van der Waals surface area contributed by atoms with Gasteiger partial charge in [-0.3, -0.25) is 9.59 Å². The molecular formula is C14H16BrClN2O2. The molecule has 0 saturated heterocycles. The molecule has 2 rings (SSSR count). The molecule has 1 aliphatic carbocycles. The Morgan fingerprint density at radius 1 is 1.35 bits per heavy atom. The number of hydrogen-bond donors (Lipinski definition) is 2. The zero-order chi connectivity index (χ0) is 14.5. The van der Waals surface area contributed by atoms with Crippen molar-refractivity contribution in [2.24, 2.45) is 0 Å². The third-order valence-electron chi connectivity index (χ3n) is 2.98. The molecule has 20 heavy (non-hydrogen) atoms. The van der Waals surface area contributed by atoms with Crippen LogP contribution in [0.5, 0.6) is 0 Å². The highest BCUT2D eigenvalue weighted by atomic mass is 79.9. The number of nitrogens with one attached hydrogen (secondary N) is 2. The van der Waals surface area contributed by atoms with Crippen LogP contribution in [0.2, 0.25) is 5.02 Å². The fraction of sp³-hybridized carbons (Fsp3) is 0.429. The molecule has 0 heterocycles. The SMILES string of the molecule is O=C(CCCNC(=O)c1ccc(Cl)cc1Br)NC1CC1. The van der Waals surface area contributed by atoms with Crippen molar-refractivity contribution in [1.29, 1.82) is 0 Å². The molecule has 1 aliphatic rings. The van der Waals surface area contributed by atoms with Crippen LogP contribution in [0.25, 0.3) is 0 Å².